The maximum absolute atomic E-state index is 12.6. The molecule has 3 aromatic rings. The van der Waals surface area contributed by atoms with Gasteiger partial charge in [0.25, 0.3) is 11.8 Å². The second kappa shape index (κ2) is 11.6. The van der Waals surface area contributed by atoms with E-state index in [4.69, 9.17) is 21.4 Å². The Kier molecular flexibility index (Phi) is 8.62. The van der Waals surface area contributed by atoms with Crippen LogP contribution in [0, 0.1) is 5.92 Å². The van der Waals surface area contributed by atoms with Crippen molar-refractivity contribution >= 4 is 56.4 Å². The van der Waals surface area contributed by atoms with Crippen LogP contribution in [-0.4, -0.2) is 23.5 Å². The van der Waals surface area contributed by atoms with Gasteiger partial charge in [-0.25, -0.2) is 0 Å². The van der Waals surface area contributed by atoms with E-state index in [1.165, 1.54) is 6.26 Å². The first-order valence-corrected chi connectivity index (χ1v) is 11.5. The summed E-state index contributed by atoms with van der Waals surface area (Å²) in [7, 11) is 0. The number of amides is 2. The van der Waals surface area contributed by atoms with E-state index in [0.29, 0.717) is 39.7 Å². The number of hydrogen-bond acceptors (Lipinski definition) is 5. The predicted octanol–water partition coefficient (Wildman–Crippen LogP) is 5.85. The van der Waals surface area contributed by atoms with Gasteiger partial charge in [0.05, 0.1) is 17.3 Å². The van der Waals surface area contributed by atoms with Gasteiger partial charge in [0.2, 0.25) is 0 Å². The third kappa shape index (κ3) is 7.44. The lowest BCUT2D eigenvalue weighted by atomic mass is 10.1. The largest absolute Gasteiger partial charge is 0.492 e. The van der Waals surface area contributed by atoms with Crippen molar-refractivity contribution in [3.63, 3.8) is 0 Å². The van der Waals surface area contributed by atoms with Crippen LogP contribution >= 0.6 is 28.1 Å². The first kappa shape index (κ1) is 24.5. The molecule has 2 amide bonds. The Morgan fingerprint density at radius 3 is 2.45 bits per heavy atom. The van der Waals surface area contributed by atoms with Crippen molar-refractivity contribution in [3.05, 3.63) is 76.7 Å². The topological polar surface area (TPSA) is 92.6 Å². The van der Waals surface area contributed by atoms with Gasteiger partial charge in [-0.05, 0) is 89.0 Å². The summed E-state index contributed by atoms with van der Waals surface area (Å²) in [4.78, 5) is 24.7. The molecule has 0 spiro atoms. The lowest BCUT2D eigenvalue weighted by molar-refractivity contribution is 0.0975. The summed E-state index contributed by atoms with van der Waals surface area (Å²) in [6.45, 7) is 4.88. The molecule has 3 rings (SSSR count). The first-order chi connectivity index (χ1) is 15.8. The summed E-state index contributed by atoms with van der Waals surface area (Å²) in [6, 6.07) is 15.3. The van der Waals surface area contributed by atoms with Crippen LogP contribution in [0.15, 0.2) is 69.8 Å². The van der Waals surface area contributed by atoms with Crippen molar-refractivity contribution in [1.82, 2.24) is 5.32 Å². The molecule has 7 nitrogen and oxygen atoms in total. The highest BCUT2D eigenvalue weighted by atomic mass is 79.9. The Morgan fingerprint density at radius 2 is 1.79 bits per heavy atom. The fraction of sp³-hybridized carbons (Fsp3) is 0.208. The number of benzene rings is 2. The Morgan fingerprint density at radius 1 is 1.03 bits per heavy atom. The molecule has 0 unspecified atom stereocenters. The van der Waals surface area contributed by atoms with E-state index < -0.39 is 0 Å². The molecule has 0 fully saturated rings. The number of ether oxygens (including phenoxy) is 1. The second-order valence-corrected chi connectivity index (χ2v) is 8.86. The number of halogens is 1. The van der Waals surface area contributed by atoms with Crippen molar-refractivity contribution in [1.29, 1.82) is 0 Å². The normalized spacial score (nSPS) is 10.5. The molecule has 0 bridgehead atoms. The Balaban J connectivity index is 1.55. The van der Waals surface area contributed by atoms with Crippen LogP contribution < -0.4 is 20.7 Å². The highest BCUT2D eigenvalue weighted by Crippen LogP contribution is 2.26. The molecular formula is C24H24BrN3O4S. The predicted molar refractivity (Wildman–Crippen MR) is 136 cm³/mol. The van der Waals surface area contributed by atoms with Gasteiger partial charge in [0.1, 0.15) is 5.75 Å². The minimum absolute atomic E-state index is 0.128. The summed E-state index contributed by atoms with van der Waals surface area (Å²) < 4.78 is 11.5. The number of anilines is 2. The van der Waals surface area contributed by atoms with Crippen LogP contribution in [-0.2, 0) is 0 Å². The van der Waals surface area contributed by atoms with Gasteiger partial charge in [-0.1, -0.05) is 19.9 Å². The third-order valence-corrected chi connectivity index (χ3v) is 5.32. The number of hydrogen-bond donors (Lipinski definition) is 3. The zero-order valence-corrected chi connectivity index (χ0v) is 20.6. The maximum atomic E-state index is 12.6. The van der Waals surface area contributed by atoms with Crippen molar-refractivity contribution in [2.24, 2.45) is 5.92 Å². The van der Waals surface area contributed by atoms with E-state index in [-0.39, 0.29) is 22.7 Å². The SMILES string of the molecule is CC(C)CCOc1ccc(C(=O)NC(=S)Nc2cccc(NC(=O)c3ccco3)c2)cc1Br. The van der Waals surface area contributed by atoms with Gasteiger partial charge >= 0.3 is 0 Å². The number of thiocarbonyl (C=S) groups is 1. The monoisotopic (exact) mass is 529 g/mol. The van der Waals surface area contributed by atoms with Crippen LogP contribution in [0.25, 0.3) is 0 Å². The lowest BCUT2D eigenvalue weighted by Crippen LogP contribution is -2.34. The molecular weight excluding hydrogens is 506 g/mol. The van der Waals surface area contributed by atoms with E-state index in [1.54, 1.807) is 54.6 Å². The molecule has 3 N–H and O–H groups in total. The van der Waals surface area contributed by atoms with Gasteiger partial charge in [0.15, 0.2) is 10.9 Å². The summed E-state index contributed by atoms with van der Waals surface area (Å²) in [5.41, 5.74) is 1.59. The quantitative estimate of drug-likeness (QED) is 0.317. The van der Waals surface area contributed by atoms with E-state index in [1.807, 2.05) is 0 Å². The third-order valence-electron chi connectivity index (χ3n) is 4.50. The first-order valence-electron chi connectivity index (χ1n) is 10.3. The molecule has 0 atom stereocenters. The molecule has 172 valence electrons. The summed E-state index contributed by atoms with van der Waals surface area (Å²) in [5, 5.41) is 8.46. The Labute approximate surface area is 206 Å². The standard InChI is InChI=1S/C24H24BrN3O4S/c1-15(2)10-12-32-20-9-8-16(13-19(20)25)22(29)28-24(33)27-18-6-3-5-17(14-18)26-23(30)21-7-4-11-31-21/h3-9,11,13-15H,10,12H2,1-2H3,(H,26,30)(H2,27,28,29,33). The fourth-order valence-corrected chi connectivity index (χ4v) is 3.48. The van der Waals surface area contributed by atoms with Crippen LogP contribution in [0.3, 0.4) is 0 Å². The van der Waals surface area contributed by atoms with Crippen LogP contribution in [0.5, 0.6) is 5.75 Å². The minimum Gasteiger partial charge on any atom is -0.492 e. The maximum Gasteiger partial charge on any atom is 0.291 e. The molecule has 0 aliphatic carbocycles. The smallest absolute Gasteiger partial charge is 0.291 e. The molecule has 0 radical (unpaired) electrons. The lowest BCUT2D eigenvalue weighted by Gasteiger charge is -2.13. The summed E-state index contributed by atoms with van der Waals surface area (Å²) >= 11 is 8.72. The Hall–Kier alpha value is -3.17. The minimum atomic E-state index is -0.366. The van der Waals surface area contributed by atoms with Gasteiger partial charge in [-0.3, -0.25) is 14.9 Å². The van der Waals surface area contributed by atoms with E-state index in [0.717, 1.165) is 6.42 Å². The number of carbonyl (C=O) groups excluding carboxylic acids is 2. The molecule has 1 heterocycles. The van der Waals surface area contributed by atoms with Gasteiger partial charge in [0, 0.05) is 16.9 Å². The number of carbonyl (C=O) groups is 2. The molecule has 2 aromatic carbocycles. The Bertz CT molecular complexity index is 1130. The number of furan rings is 1. The van der Waals surface area contributed by atoms with Crippen molar-refractivity contribution in [2.75, 3.05) is 17.2 Å². The van der Waals surface area contributed by atoms with E-state index in [9.17, 15) is 9.59 Å². The van der Waals surface area contributed by atoms with Gasteiger partial charge in [-0.15, -0.1) is 0 Å². The highest BCUT2D eigenvalue weighted by Gasteiger charge is 2.12. The summed E-state index contributed by atoms with van der Waals surface area (Å²) in [5.74, 6) is 0.717. The van der Waals surface area contributed by atoms with Crippen molar-refractivity contribution in [3.8, 4) is 5.75 Å². The molecule has 9 heteroatoms. The van der Waals surface area contributed by atoms with Crippen LogP contribution in [0.2, 0.25) is 0 Å². The zero-order valence-electron chi connectivity index (χ0n) is 18.2. The van der Waals surface area contributed by atoms with Gasteiger partial charge < -0.3 is 19.8 Å². The average molecular weight is 530 g/mol. The molecule has 1 aromatic heterocycles. The van der Waals surface area contributed by atoms with Crippen LogP contribution in [0.4, 0.5) is 11.4 Å². The van der Waals surface area contributed by atoms with Crippen molar-refractivity contribution in [2.45, 2.75) is 20.3 Å². The fourth-order valence-electron chi connectivity index (χ4n) is 2.78. The average Bonchev–Trinajstić information content (AvgIpc) is 3.30. The van der Waals surface area contributed by atoms with Gasteiger partial charge in [-0.2, -0.15) is 0 Å². The molecule has 0 aliphatic heterocycles. The zero-order chi connectivity index (χ0) is 23.8. The number of rotatable bonds is 8. The number of nitrogens with one attached hydrogen (secondary N) is 3. The molecule has 0 aliphatic rings. The van der Waals surface area contributed by atoms with Crippen molar-refractivity contribution < 1.29 is 18.7 Å². The second-order valence-electron chi connectivity index (χ2n) is 7.60. The highest BCUT2D eigenvalue weighted by molar-refractivity contribution is 9.10. The van der Waals surface area contributed by atoms with E-state index in [2.05, 4.69) is 45.7 Å². The summed E-state index contributed by atoms with van der Waals surface area (Å²) in [6.07, 6.45) is 2.38. The molecule has 0 saturated carbocycles. The van der Waals surface area contributed by atoms with E-state index >= 15 is 0 Å². The molecule has 0 saturated heterocycles. The molecule has 33 heavy (non-hydrogen) atoms. The van der Waals surface area contributed by atoms with Crippen LogP contribution in [0.1, 0.15) is 41.2 Å².